The third kappa shape index (κ3) is 3.67. The van der Waals surface area contributed by atoms with E-state index in [1.807, 2.05) is 25.3 Å². The molecule has 1 aromatic heterocycles. The Morgan fingerprint density at radius 3 is 2.84 bits per heavy atom. The molecule has 1 aliphatic rings. The van der Waals surface area contributed by atoms with Crippen LogP contribution in [0.3, 0.4) is 0 Å². The summed E-state index contributed by atoms with van der Waals surface area (Å²) in [6, 6.07) is 4.01. The molecular formula is C13H21N3O2S. The van der Waals surface area contributed by atoms with Crippen LogP contribution in [0.15, 0.2) is 18.3 Å². The molecule has 0 spiro atoms. The molecule has 0 saturated carbocycles. The molecule has 2 heterocycles. The van der Waals surface area contributed by atoms with Gasteiger partial charge in [0.15, 0.2) is 9.84 Å². The monoisotopic (exact) mass is 283 g/mol. The van der Waals surface area contributed by atoms with Crippen molar-refractivity contribution in [3.63, 3.8) is 0 Å². The van der Waals surface area contributed by atoms with E-state index in [1.54, 1.807) is 0 Å². The largest absolute Gasteiger partial charge is 0.352 e. The van der Waals surface area contributed by atoms with Crippen molar-refractivity contribution in [2.24, 2.45) is 0 Å². The van der Waals surface area contributed by atoms with Gasteiger partial charge in [-0.05, 0) is 25.1 Å². The number of hydrogen-bond acceptors (Lipinski definition) is 5. The van der Waals surface area contributed by atoms with Crippen LogP contribution < -0.4 is 10.2 Å². The van der Waals surface area contributed by atoms with Crippen LogP contribution in [0.2, 0.25) is 0 Å². The van der Waals surface area contributed by atoms with Crippen molar-refractivity contribution in [1.82, 2.24) is 10.3 Å². The maximum Gasteiger partial charge on any atom is 0.154 e. The zero-order valence-electron chi connectivity index (χ0n) is 11.5. The Morgan fingerprint density at radius 1 is 1.47 bits per heavy atom. The molecule has 1 fully saturated rings. The lowest BCUT2D eigenvalue weighted by molar-refractivity contribution is 0.567. The Labute approximate surface area is 114 Å². The molecule has 0 radical (unpaired) electrons. The summed E-state index contributed by atoms with van der Waals surface area (Å²) >= 11 is 0. The van der Waals surface area contributed by atoms with Crippen molar-refractivity contribution in [2.75, 3.05) is 29.5 Å². The van der Waals surface area contributed by atoms with Crippen molar-refractivity contribution in [3.05, 3.63) is 23.9 Å². The van der Waals surface area contributed by atoms with Crippen LogP contribution in [-0.2, 0) is 16.4 Å². The van der Waals surface area contributed by atoms with E-state index in [9.17, 15) is 8.42 Å². The van der Waals surface area contributed by atoms with E-state index >= 15 is 0 Å². The highest BCUT2D eigenvalue weighted by Crippen LogP contribution is 2.19. The Morgan fingerprint density at radius 2 is 2.26 bits per heavy atom. The lowest BCUT2D eigenvalue weighted by Crippen LogP contribution is -2.47. The summed E-state index contributed by atoms with van der Waals surface area (Å²) in [6.45, 7) is 6.28. The number of sulfone groups is 1. The summed E-state index contributed by atoms with van der Waals surface area (Å²) in [5.74, 6) is 1.30. The van der Waals surface area contributed by atoms with Crippen LogP contribution >= 0.6 is 0 Å². The average molecular weight is 283 g/mol. The minimum absolute atomic E-state index is 0.00846. The van der Waals surface area contributed by atoms with E-state index in [0.717, 1.165) is 24.5 Å². The zero-order valence-corrected chi connectivity index (χ0v) is 12.3. The first-order chi connectivity index (χ1) is 9.02. The predicted molar refractivity (Wildman–Crippen MR) is 77.1 cm³/mol. The van der Waals surface area contributed by atoms with Crippen LogP contribution in [-0.4, -0.2) is 44.0 Å². The Kier molecular flexibility index (Phi) is 4.42. The zero-order chi connectivity index (χ0) is 13.9. The highest BCUT2D eigenvalue weighted by Gasteiger charge is 2.28. The lowest BCUT2D eigenvalue weighted by Gasteiger charge is -2.34. The van der Waals surface area contributed by atoms with Crippen molar-refractivity contribution in [2.45, 2.75) is 26.4 Å². The van der Waals surface area contributed by atoms with Gasteiger partial charge in [-0.2, -0.15) is 0 Å². The summed E-state index contributed by atoms with van der Waals surface area (Å²) in [6.07, 6.45) is 1.85. The topological polar surface area (TPSA) is 62.3 Å². The van der Waals surface area contributed by atoms with Gasteiger partial charge in [-0.3, -0.25) is 0 Å². The number of pyridine rings is 1. The highest BCUT2D eigenvalue weighted by atomic mass is 32.2. The maximum atomic E-state index is 11.6. The van der Waals surface area contributed by atoms with E-state index in [1.165, 1.54) is 0 Å². The van der Waals surface area contributed by atoms with Crippen molar-refractivity contribution in [3.8, 4) is 0 Å². The molecule has 1 aliphatic heterocycles. The second kappa shape index (κ2) is 5.88. The first-order valence-electron chi connectivity index (χ1n) is 6.64. The molecule has 0 aliphatic carbocycles. The van der Waals surface area contributed by atoms with Gasteiger partial charge in [-0.25, -0.2) is 13.4 Å². The van der Waals surface area contributed by atoms with E-state index in [0.29, 0.717) is 6.54 Å². The Bertz CT molecular complexity index is 513. The van der Waals surface area contributed by atoms with Gasteiger partial charge in [0.25, 0.3) is 0 Å². The van der Waals surface area contributed by atoms with E-state index < -0.39 is 9.84 Å². The first-order valence-corrected chi connectivity index (χ1v) is 8.46. The summed E-state index contributed by atoms with van der Waals surface area (Å²) in [7, 11) is -2.87. The van der Waals surface area contributed by atoms with Crippen molar-refractivity contribution in [1.29, 1.82) is 0 Å². The normalized spacial score (nSPS) is 22.4. The molecular weight excluding hydrogens is 262 g/mol. The fourth-order valence-electron chi connectivity index (χ4n) is 2.30. The van der Waals surface area contributed by atoms with Crippen molar-refractivity contribution >= 4 is 15.7 Å². The molecule has 0 aromatic carbocycles. The second-order valence-corrected chi connectivity index (χ2v) is 7.19. The number of hydrogen-bond donors (Lipinski definition) is 1. The summed E-state index contributed by atoms with van der Waals surface area (Å²) < 4.78 is 23.1. The first kappa shape index (κ1) is 14.3. The Hall–Kier alpha value is -1.14. The van der Waals surface area contributed by atoms with Gasteiger partial charge in [0.1, 0.15) is 5.82 Å². The molecule has 1 unspecified atom stereocenters. The highest BCUT2D eigenvalue weighted by molar-refractivity contribution is 7.91. The van der Waals surface area contributed by atoms with Gasteiger partial charge in [0.05, 0.1) is 11.5 Å². The van der Waals surface area contributed by atoms with Crippen LogP contribution in [0.5, 0.6) is 0 Å². The van der Waals surface area contributed by atoms with Crippen LogP contribution in [0.25, 0.3) is 0 Å². The molecule has 1 atom stereocenters. The average Bonchev–Trinajstić information content (AvgIpc) is 2.36. The molecule has 0 bridgehead atoms. The summed E-state index contributed by atoms with van der Waals surface area (Å²) in [5, 5.41) is 3.25. The molecule has 0 amide bonds. The molecule has 1 N–H and O–H groups in total. The fraction of sp³-hybridized carbons (Fsp3) is 0.615. The molecule has 5 nitrogen and oxygen atoms in total. The molecule has 106 valence electrons. The molecule has 19 heavy (non-hydrogen) atoms. The van der Waals surface area contributed by atoms with Crippen molar-refractivity contribution < 1.29 is 8.42 Å². The van der Waals surface area contributed by atoms with E-state index in [-0.39, 0.29) is 17.5 Å². The van der Waals surface area contributed by atoms with E-state index in [4.69, 9.17) is 0 Å². The maximum absolute atomic E-state index is 11.6. The third-order valence-electron chi connectivity index (χ3n) is 3.35. The quantitative estimate of drug-likeness (QED) is 0.886. The number of anilines is 1. The van der Waals surface area contributed by atoms with Gasteiger partial charge in [-0.15, -0.1) is 0 Å². The van der Waals surface area contributed by atoms with Crippen LogP contribution in [0.4, 0.5) is 5.82 Å². The van der Waals surface area contributed by atoms with E-state index in [2.05, 4.69) is 22.1 Å². The number of rotatable bonds is 4. The van der Waals surface area contributed by atoms with Gasteiger partial charge < -0.3 is 10.2 Å². The minimum Gasteiger partial charge on any atom is -0.352 e. The molecule has 6 heteroatoms. The van der Waals surface area contributed by atoms with Gasteiger partial charge in [-0.1, -0.05) is 13.0 Å². The molecule has 2 rings (SSSR count). The van der Waals surface area contributed by atoms with Gasteiger partial charge in [0.2, 0.25) is 0 Å². The summed E-state index contributed by atoms with van der Waals surface area (Å²) in [5.41, 5.74) is 1.14. The Balaban J connectivity index is 2.06. The third-order valence-corrected chi connectivity index (χ3v) is 5.15. The lowest BCUT2D eigenvalue weighted by atomic mass is 10.2. The standard InChI is InChI=1S/C13H21N3O2S/c1-3-14-8-12-4-5-13(15-9-12)16-6-7-19(17,18)10-11(16)2/h4-5,9,11,14H,3,6-8,10H2,1-2H3. The summed E-state index contributed by atoms with van der Waals surface area (Å²) in [4.78, 5) is 6.51. The number of nitrogens with zero attached hydrogens (tertiary/aromatic N) is 2. The molecule has 1 saturated heterocycles. The second-order valence-electron chi connectivity index (χ2n) is 4.96. The smallest absolute Gasteiger partial charge is 0.154 e. The van der Waals surface area contributed by atoms with Crippen LogP contribution in [0, 0.1) is 0 Å². The van der Waals surface area contributed by atoms with Gasteiger partial charge in [0, 0.05) is 25.3 Å². The van der Waals surface area contributed by atoms with Gasteiger partial charge >= 0.3 is 0 Å². The number of aromatic nitrogens is 1. The minimum atomic E-state index is -2.87. The van der Waals surface area contributed by atoms with Crippen LogP contribution in [0.1, 0.15) is 19.4 Å². The SMILES string of the molecule is CCNCc1ccc(N2CCS(=O)(=O)CC2C)nc1. The number of nitrogens with one attached hydrogen (secondary N) is 1. The fourth-order valence-corrected chi connectivity index (χ4v) is 3.86. The predicted octanol–water partition coefficient (Wildman–Crippen LogP) is 0.814. The molecule has 1 aromatic rings.